The number of halogens is 3. The summed E-state index contributed by atoms with van der Waals surface area (Å²) in [7, 11) is 0. The Kier molecular flexibility index (Phi) is 2.40. The Morgan fingerprint density at radius 1 is 1.25 bits per heavy atom. The van der Waals surface area contributed by atoms with Gasteiger partial charge in [-0.05, 0) is 26.0 Å². The van der Waals surface area contributed by atoms with Crippen LogP contribution in [0.5, 0.6) is 0 Å². The average Bonchev–Trinajstić information content (AvgIpc) is 2.58. The minimum absolute atomic E-state index is 0.140. The largest absolute Gasteiger partial charge is 0.416 e. The van der Waals surface area contributed by atoms with Crippen molar-refractivity contribution in [3.05, 3.63) is 30.0 Å². The van der Waals surface area contributed by atoms with E-state index in [0.29, 0.717) is 5.52 Å². The zero-order valence-corrected chi connectivity index (χ0v) is 8.92. The van der Waals surface area contributed by atoms with Gasteiger partial charge in [0.15, 0.2) is 0 Å². The third kappa shape index (κ3) is 1.89. The first-order valence-electron chi connectivity index (χ1n) is 4.94. The van der Waals surface area contributed by atoms with Gasteiger partial charge in [0.25, 0.3) is 0 Å². The Hall–Kier alpha value is -1.52. The number of benzene rings is 1. The lowest BCUT2D eigenvalue weighted by atomic mass is 10.1. The van der Waals surface area contributed by atoms with Gasteiger partial charge in [0.1, 0.15) is 0 Å². The molecule has 2 nitrogen and oxygen atoms in total. The van der Waals surface area contributed by atoms with Crippen LogP contribution < -0.4 is 0 Å². The van der Waals surface area contributed by atoms with Crippen LogP contribution in [-0.2, 0) is 6.18 Å². The summed E-state index contributed by atoms with van der Waals surface area (Å²) in [4.78, 5) is 0. The van der Waals surface area contributed by atoms with E-state index in [1.54, 1.807) is 10.9 Å². The zero-order chi connectivity index (χ0) is 11.9. The Labute approximate surface area is 90.7 Å². The lowest BCUT2D eigenvalue weighted by Crippen LogP contribution is -2.04. The van der Waals surface area contributed by atoms with Crippen LogP contribution in [0.25, 0.3) is 10.9 Å². The van der Waals surface area contributed by atoms with Crippen molar-refractivity contribution in [1.29, 1.82) is 0 Å². The van der Waals surface area contributed by atoms with Gasteiger partial charge < -0.3 is 0 Å². The third-order valence-electron chi connectivity index (χ3n) is 2.38. The van der Waals surface area contributed by atoms with Crippen LogP contribution in [0.4, 0.5) is 13.2 Å². The highest BCUT2D eigenvalue weighted by molar-refractivity contribution is 5.78. The molecule has 0 unspecified atom stereocenters. The Balaban J connectivity index is 2.54. The second kappa shape index (κ2) is 3.50. The molecule has 0 bridgehead atoms. The first-order chi connectivity index (χ1) is 7.38. The van der Waals surface area contributed by atoms with E-state index in [-0.39, 0.29) is 6.04 Å². The van der Waals surface area contributed by atoms with Crippen LogP contribution in [0.3, 0.4) is 0 Å². The molecule has 0 amide bonds. The molecule has 16 heavy (non-hydrogen) atoms. The van der Waals surface area contributed by atoms with Gasteiger partial charge >= 0.3 is 6.18 Å². The molecule has 2 rings (SSSR count). The Morgan fingerprint density at radius 3 is 2.50 bits per heavy atom. The number of hydrogen-bond donors (Lipinski definition) is 0. The number of nitrogens with zero attached hydrogens (tertiary/aromatic N) is 2. The van der Waals surface area contributed by atoms with E-state index >= 15 is 0 Å². The molecule has 1 aromatic heterocycles. The van der Waals surface area contributed by atoms with Crippen molar-refractivity contribution in [2.75, 3.05) is 0 Å². The van der Waals surface area contributed by atoms with Crippen LogP contribution in [0.15, 0.2) is 24.4 Å². The summed E-state index contributed by atoms with van der Waals surface area (Å²) < 4.78 is 39.0. The molecule has 5 heteroatoms. The van der Waals surface area contributed by atoms with E-state index < -0.39 is 11.7 Å². The first kappa shape index (κ1) is 11.0. The number of hydrogen-bond acceptors (Lipinski definition) is 1. The number of rotatable bonds is 1. The van der Waals surface area contributed by atoms with Crippen molar-refractivity contribution in [3.63, 3.8) is 0 Å². The second-order valence-electron chi connectivity index (χ2n) is 3.97. The molecule has 0 aliphatic rings. The molecule has 0 N–H and O–H groups in total. The summed E-state index contributed by atoms with van der Waals surface area (Å²) in [6.07, 6.45) is -2.56. The quantitative estimate of drug-likeness (QED) is 0.728. The fraction of sp³-hybridized carbons (Fsp3) is 0.364. The summed E-state index contributed by atoms with van der Waals surface area (Å²) in [5, 5.41) is 4.83. The van der Waals surface area contributed by atoms with Gasteiger partial charge in [-0.2, -0.15) is 18.3 Å². The van der Waals surface area contributed by atoms with Crippen molar-refractivity contribution in [3.8, 4) is 0 Å². The van der Waals surface area contributed by atoms with Gasteiger partial charge in [-0.25, -0.2) is 0 Å². The maximum absolute atomic E-state index is 12.4. The fourth-order valence-electron chi connectivity index (χ4n) is 1.48. The third-order valence-corrected chi connectivity index (χ3v) is 2.38. The molecule has 0 fully saturated rings. The summed E-state index contributed by atoms with van der Waals surface area (Å²) in [5.74, 6) is 0. The van der Waals surface area contributed by atoms with Gasteiger partial charge in [-0.15, -0.1) is 0 Å². The summed E-state index contributed by atoms with van der Waals surface area (Å²) in [6, 6.07) is 3.74. The Morgan fingerprint density at radius 2 is 1.94 bits per heavy atom. The molecule has 0 aliphatic carbocycles. The van der Waals surface area contributed by atoms with Crippen LogP contribution >= 0.6 is 0 Å². The summed E-state index contributed by atoms with van der Waals surface area (Å²) in [5.41, 5.74) is -0.280. The topological polar surface area (TPSA) is 17.8 Å². The maximum Gasteiger partial charge on any atom is 0.416 e. The zero-order valence-electron chi connectivity index (χ0n) is 8.92. The SMILES string of the molecule is CC(C)n1cc2ccc(C(F)(F)F)cc2n1. The van der Waals surface area contributed by atoms with Crippen molar-refractivity contribution in [2.24, 2.45) is 0 Å². The van der Waals surface area contributed by atoms with Gasteiger partial charge in [0.2, 0.25) is 0 Å². The minimum atomic E-state index is -4.31. The molecular formula is C11H11F3N2. The van der Waals surface area contributed by atoms with E-state index in [9.17, 15) is 13.2 Å². The highest BCUT2D eigenvalue weighted by Gasteiger charge is 2.30. The van der Waals surface area contributed by atoms with Crippen molar-refractivity contribution < 1.29 is 13.2 Å². The first-order valence-corrected chi connectivity index (χ1v) is 4.94. The van der Waals surface area contributed by atoms with Gasteiger partial charge in [-0.3, -0.25) is 4.68 Å². The average molecular weight is 228 g/mol. The molecule has 1 aromatic carbocycles. The van der Waals surface area contributed by atoms with Crippen molar-refractivity contribution >= 4 is 10.9 Å². The normalized spacial score (nSPS) is 12.6. The maximum atomic E-state index is 12.4. The molecular weight excluding hydrogens is 217 g/mol. The molecule has 0 saturated heterocycles. The van der Waals surface area contributed by atoms with E-state index in [0.717, 1.165) is 17.5 Å². The van der Waals surface area contributed by atoms with Gasteiger partial charge in [0, 0.05) is 17.6 Å². The number of fused-ring (bicyclic) bond motifs is 1. The predicted octanol–water partition coefficient (Wildman–Crippen LogP) is 3.64. The second-order valence-corrected chi connectivity index (χ2v) is 3.97. The molecule has 1 heterocycles. The van der Waals surface area contributed by atoms with Crippen LogP contribution in [0, 0.1) is 0 Å². The predicted molar refractivity (Wildman–Crippen MR) is 55.1 cm³/mol. The monoisotopic (exact) mass is 228 g/mol. The van der Waals surface area contributed by atoms with Gasteiger partial charge in [-0.1, -0.05) is 6.07 Å². The van der Waals surface area contributed by atoms with Crippen LogP contribution in [-0.4, -0.2) is 9.78 Å². The molecule has 0 atom stereocenters. The molecule has 86 valence electrons. The molecule has 0 radical (unpaired) electrons. The van der Waals surface area contributed by atoms with E-state index in [2.05, 4.69) is 5.10 Å². The summed E-state index contributed by atoms with van der Waals surface area (Å²) in [6.45, 7) is 3.85. The molecule has 0 spiro atoms. The molecule has 0 aliphatic heterocycles. The van der Waals surface area contributed by atoms with Crippen LogP contribution in [0.2, 0.25) is 0 Å². The number of alkyl halides is 3. The number of aromatic nitrogens is 2. The standard InChI is InChI=1S/C11H11F3N2/c1-7(2)16-6-8-3-4-9(11(12,13)14)5-10(8)15-16/h3-7H,1-2H3. The van der Waals surface area contributed by atoms with Gasteiger partial charge in [0.05, 0.1) is 11.1 Å². The van der Waals surface area contributed by atoms with Crippen molar-refractivity contribution in [1.82, 2.24) is 9.78 Å². The highest BCUT2D eigenvalue weighted by atomic mass is 19.4. The Bertz CT molecular complexity index is 511. The molecule has 2 aromatic rings. The van der Waals surface area contributed by atoms with E-state index in [1.165, 1.54) is 6.07 Å². The summed E-state index contributed by atoms with van der Waals surface area (Å²) >= 11 is 0. The fourth-order valence-corrected chi connectivity index (χ4v) is 1.48. The van der Waals surface area contributed by atoms with Crippen molar-refractivity contribution in [2.45, 2.75) is 26.1 Å². The lowest BCUT2D eigenvalue weighted by Gasteiger charge is -2.05. The smallest absolute Gasteiger partial charge is 0.269 e. The minimum Gasteiger partial charge on any atom is -0.269 e. The van der Waals surface area contributed by atoms with E-state index in [1.807, 2.05) is 13.8 Å². The molecule has 0 saturated carbocycles. The lowest BCUT2D eigenvalue weighted by molar-refractivity contribution is -0.137. The highest BCUT2D eigenvalue weighted by Crippen LogP contribution is 2.31. The van der Waals surface area contributed by atoms with E-state index in [4.69, 9.17) is 0 Å². The van der Waals surface area contributed by atoms with Crippen LogP contribution in [0.1, 0.15) is 25.5 Å².